The fourth-order valence-electron chi connectivity index (χ4n) is 1.74. The van der Waals surface area contributed by atoms with E-state index < -0.39 is 0 Å². The molecule has 74 valence electrons. The summed E-state index contributed by atoms with van der Waals surface area (Å²) in [5.41, 5.74) is 2.20. The number of rotatable bonds is 3. The van der Waals surface area contributed by atoms with Crippen LogP contribution in [0.4, 0.5) is 0 Å². The van der Waals surface area contributed by atoms with Gasteiger partial charge in [0, 0.05) is 12.0 Å². The molecule has 0 aliphatic rings. The summed E-state index contributed by atoms with van der Waals surface area (Å²) in [5, 5.41) is 9.96. The number of benzene rings is 1. The van der Waals surface area contributed by atoms with E-state index in [-0.39, 0.29) is 6.61 Å². The van der Waals surface area contributed by atoms with E-state index in [0.29, 0.717) is 0 Å². The van der Waals surface area contributed by atoms with Gasteiger partial charge >= 0.3 is 0 Å². The Hall–Kier alpha value is -1.28. The molecule has 0 aliphatic carbocycles. The molecule has 0 aliphatic heterocycles. The molecule has 0 amide bonds. The number of hydrogen-bond donors (Lipinski definition) is 1. The van der Waals surface area contributed by atoms with Crippen molar-refractivity contribution in [1.82, 2.24) is 0 Å². The molecule has 1 aromatic heterocycles. The molecular weight excluding hydrogens is 176 g/mol. The van der Waals surface area contributed by atoms with Crippen molar-refractivity contribution in [2.24, 2.45) is 0 Å². The highest BCUT2D eigenvalue weighted by Crippen LogP contribution is 2.23. The fraction of sp³-hybridized carbons (Fsp3) is 0.333. The van der Waals surface area contributed by atoms with Crippen LogP contribution in [0.1, 0.15) is 17.7 Å². The van der Waals surface area contributed by atoms with E-state index in [9.17, 15) is 0 Å². The molecule has 0 atom stereocenters. The summed E-state index contributed by atoms with van der Waals surface area (Å²) in [6, 6.07) is 8.12. The lowest BCUT2D eigenvalue weighted by Crippen LogP contribution is -1.89. The molecule has 0 saturated heterocycles. The second kappa shape index (κ2) is 3.84. The maximum absolute atomic E-state index is 8.78. The molecule has 2 nitrogen and oxygen atoms in total. The van der Waals surface area contributed by atoms with Gasteiger partial charge in [0.1, 0.15) is 11.3 Å². The molecule has 1 heterocycles. The van der Waals surface area contributed by atoms with Gasteiger partial charge in [-0.3, -0.25) is 0 Å². The van der Waals surface area contributed by atoms with E-state index >= 15 is 0 Å². The van der Waals surface area contributed by atoms with Crippen molar-refractivity contribution in [3.8, 4) is 0 Å². The van der Waals surface area contributed by atoms with Crippen LogP contribution in [0.5, 0.6) is 0 Å². The standard InChI is InChI=1S/C12H14O2/c1-9-8-11-10(5-3-7-13)4-2-6-12(11)14-9/h2,4,6,8,13H,3,5,7H2,1H3. The first-order valence-electron chi connectivity index (χ1n) is 4.90. The zero-order chi connectivity index (χ0) is 9.97. The molecule has 0 saturated carbocycles. The number of hydrogen-bond acceptors (Lipinski definition) is 2. The van der Waals surface area contributed by atoms with Crippen molar-refractivity contribution in [1.29, 1.82) is 0 Å². The van der Waals surface area contributed by atoms with Crippen molar-refractivity contribution in [3.63, 3.8) is 0 Å². The minimum absolute atomic E-state index is 0.243. The molecule has 1 aromatic carbocycles. The van der Waals surface area contributed by atoms with Crippen LogP contribution in [0, 0.1) is 6.92 Å². The topological polar surface area (TPSA) is 33.4 Å². The number of aliphatic hydroxyl groups excluding tert-OH is 1. The predicted molar refractivity (Wildman–Crippen MR) is 56.4 cm³/mol. The van der Waals surface area contributed by atoms with Crippen LogP contribution in [0.2, 0.25) is 0 Å². The van der Waals surface area contributed by atoms with Gasteiger partial charge in [-0.15, -0.1) is 0 Å². The van der Waals surface area contributed by atoms with Gasteiger partial charge in [-0.25, -0.2) is 0 Å². The Labute approximate surface area is 83.2 Å². The minimum Gasteiger partial charge on any atom is -0.461 e. The minimum atomic E-state index is 0.243. The largest absolute Gasteiger partial charge is 0.461 e. The first-order chi connectivity index (χ1) is 6.81. The Morgan fingerprint density at radius 3 is 3.00 bits per heavy atom. The molecule has 14 heavy (non-hydrogen) atoms. The van der Waals surface area contributed by atoms with Crippen molar-refractivity contribution >= 4 is 11.0 Å². The van der Waals surface area contributed by atoms with Gasteiger partial charge in [0.05, 0.1) is 0 Å². The van der Waals surface area contributed by atoms with Gasteiger partial charge < -0.3 is 9.52 Å². The summed E-state index contributed by atoms with van der Waals surface area (Å²) in [6.45, 7) is 2.20. The summed E-state index contributed by atoms with van der Waals surface area (Å²) in [5.74, 6) is 0.941. The van der Waals surface area contributed by atoms with Crippen LogP contribution >= 0.6 is 0 Å². The van der Waals surface area contributed by atoms with Crippen LogP contribution in [0.15, 0.2) is 28.7 Å². The molecule has 0 unspecified atom stereocenters. The van der Waals surface area contributed by atoms with E-state index in [1.54, 1.807) is 0 Å². The Morgan fingerprint density at radius 2 is 2.21 bits per heavy atom. The van der Waals surface area contributed by atoms with Crippen LogP contribution in [0.25, 0.3) is 11.0 Å². The van der Waals surface area contributed by atoms with Crippen LogP contribution < -0.4 is 0 Å². The van der Waals surface area contributed by atoms with Crippen LogP contribution in [-0.2, 0) is 6.42 Å². The van der Waals surface area contributed by atoms with Gasteiger partial charge in [-0.2, -0.15) is 0 Å². The third-order valence-corrected chi connectivity index (χ3v) is 2.38. The molecule has 0 fully saturated rings. The number of aliphatic hydroxyl groups is 1. The maximum atomic E-state index is 8.78. The molecule has 0 bridgehead atoms. The van der Waals surface area contributed by atoms with E-state index in [1.165, 1.54) is 10.9 Å². The van der Waals surface area contributed by atoms with Gasteiger partial charge in [-0.05, 0) is 37.5 Å². The highest BCUT2D eigenvalue weighted by atomic mass is 16.3. The predicted octanol–water partition coefficient (Wildman–Crippen LogP) is 2.67. The maximum Gasteiger partial charge on any atom is 0.134 e. The second-order valence-electron chi connectivity index (χ2n) is 3.51. The van der Waals surface area contributed by atoms with Crippen molar-refractivity contribution in [2.75, 3.05) is 6.61 Å². The van der Waals surface area contributed by atoms with Crippen molar-refractivity contribution in [3.05, 3.63) is 35.6 Å². The first kappa shape index (κ1) is 9.28. The van der Waals surface area contributed by atoms with E-state index in [1.807, 2.05) is 19.1 Å². The third-order valence-electron chi connectivity index (χ3n) is 2.38. The van der Waals surface area contributed by atoms with Crippen molar-refractivity contribution in [2.45, 2.75) is 19.8 Å². The fourth-order valence-corrected chi connectivity index (χ4v) is 1.74. The van der Waals surface area contributed by atoms with Gasteiger partial charge in [0.2, 0.25) is 0 Å². The summed E-state index contributed by atoms with van der Waals surface area (Å²) in [7, 11) is 0. The van der Waals surface area contributed by atoms with Crippen LogP contribution in [-0.4, -0.2) is 11.7 Å². The lowest BCUT2D eigenvalue weighted by Gasteiger charge is -1.99. The highest BCUT2D eigenvalue weighted by Gasteiger charge is 2.04. The average Bonchev–Trinajstić information content (AvgIpc) is 2.55. The smallest absolute Gasteiger partial charge is 0.134 e. The SMILES string of the molecule is Cc1cc2c(CCCO)cccc2o1. The van der Waals surface area contributed by atoms with Crippen LogP contribution in [0.3, 0.4) is 0 Å². The van der Waals surface area contributed by atoms with E-state index in [4.69, 9.17) is 9.52 Å². The van der Waals surface area contributed by atoms with E-state index in [0.717, 1.165) is 24.2 Å². The molecule has 2 heteroatoms. The molecule has 1 N–H and O–H groups in total. The molecule has 2 rings (SSSR count). The Bertz CT molecular complexity index is 429. The summed E-state index contributed by atoms with van der Waals surface area (Å²) < 4.78 is 5.53. The van der Waals surface area contributed by atoms with E-state index in [2.05, 4.69) is 12.1 Å². The Balaban J connectivity index is 2.42. The quantitative estimate of drug-likeness (QED) is 0.807. The number of aryl methyl sites for hydroxylation is 2. The monoisotopic (exact) mass is 190 g/mol. The van der Waals surface area contributed by atoms with Crippen molar-refractivity contribution < 1.29 is 9.52 Å². The molecule has 2 aromatic rings. The molecule has 0 spiro atoms. The lowest BCUT2D eigenvalue weighted by molar-refractivity contribution is 0.289. The van der Waals surface area contributed by atoms with Gasteiger partial charge in [0.25, 0.3) is 0 Å². The second-order valence-corrected chi connectivity index (χ2v) is 3.51. The third kappa shape index (κ3) is 1.66. The first-order valence-corrected chi connectivity index (χ1v) is 4.90. The number of fused-ring (bicyclic) bond motifs is 1. The highest BCUT2D eigenvalue weighted by molar-refractivity contribution is 5.81. The summed E-state index contributed by atoms with van der Waals surface area (Å²) in [6.07, 6.45) is 1.72. The molecular formula is C12H14O2. The zero-order valence-electron chi connectivity index (χ0n) is 8.29. The molecule has 0 radical (unpaired) electrons. The average molecular weight is 190 g/mol. The van der Waals surface area contributed by atoms with Gasteiger partial charge in [0.15, 0.2) is 0 Å². The summed E-state index contributed by atoms with van der Waals surface area (Å²) in [4.78, 5) is 0. The van der Waals surface area contributed by atoms with Gasteiger partial charge in [-0.1, -0.05) is 12.1 Å². The normalized spacial score (nSPS) is 11.0. The number of furan rings is 1. The zero-order valence-corrected chi connectivity index (χ0v) is 8.29. The lowest BCUT2D eigenvalue weighted by atomic mass is 10.1. The summed E-state index contributed by atoms with van der Waals surface area (Å²) >= 11 is 0. The Morgan fingerprint density at radius 1 is 1.36 bits per heavy atom. The Kier molecular flexibility index (Phi) is 2.55.